The predicted octanol–water partition coefficient (Wildman–Crippen LogP) is 2.75. The Labute approximate surface area is 144 Å². The highest BCUT2D eigenvalue weighted by Crippen LogP contribution is 2.10. The second kappa shape index (κ2) is 11.0. The van der Waals surface area contributed by atoms with Crippen LogP contribution < -0.4 is 5.32 Å². The minimum absolute atomic E-state index is 0. The standard InChI is InChI=1S/C10H12N2O.C7H14O2.ClH/c13-10-7-12(8-11-10)6-9-4-2-1-3-5-9;1-5(2)4-6(3)7(8)9;/h1-5H,6-8H2,(H,11,13);5-6H,4H2,1-3H3,(H,8,9);1H. The number of nitrogens with zero attached hydrogens (tertiary/aromatic N) is 1. The number of carboxylic acids is 1. The zero-order chi connectivity index (χ0) is 16.5. The van der Waals surface area contributed by atoms with Crippen molar-refractivity contribution in [1.29, 1.82) is 0 Å². The molecule has 1 unspecified atom stereocenters. The highest BCUT2D eigenvalue weighted by Gasteiger charge is 2.17. The molecular formula is C17H27ClN2O3. The number of amides is 1. The van der Waals surface area contributed by atoms with Crippen LogP contribution >= 0.6 is 12.4 Å². The van der Waals surface area contributed by atoms with E-state index in [0.717, 1.165) is 13.0 Å². The Balaban J connectivity index is 0.000000434. The third kappa shape index (κ3) is 9.21. The van der Waals surface area contributed by atoms with E-state index in [0.29, 0.717) is 19.1 Å². The number of rotatable bonds is 5. The number of carbonyl (C=O) groups is 2. The Hall–Kier alpha value is -1.59. The molecule has 2 N–H and O–H groups in total. The molecule has 0 bridgehead atoms. The summed E-state index contributed by atoms with van der Waals surface area (Å²) in [5, 5.41) is 11.2. The lowest BCUT2D eigenvalue weighted by atomic mass is 9.99. The molecule has 1 aromatic carbocycles. The Morgan fingerprint density at radius 3 is 2.26 bits per heavy atom. The number of carbonyl (C=O) groups excluding carboxylic acids is 1. The van der Waals surface area contributed by atoms with Crippen molar-refractivity contribution in [2.75, 3.05) is 13.2 Å². The Morgan fingerprint density at radius 2 is 1.87 bits per heavy atom. The van der Waals surface area contributed by atoms with Crippen LogP contribution in [0.15, 0.2) is 30.3 Å². The van der Waals surface area contributed by atoms with E-state index in [-0.39, 0.29) is 24.2 Å². The number of carboxylic acid groups (broad SMARTS) is 1. The van der Waals surface area contributed by atoms with Crippen LogP contribution in [0.25, 0.3) is 0 Å². The smallest absolute Gasteiger partial charge is 0.306 e. The number of nitrogens with one attached hydrogen (secondary N) is 1. The summed E-state index contributed by atoms with van der Waals surface area (Å²) in [5.74, 6) is -0.277. The molecule has 23 heavy (non-hydrogen) atoms. The Kier molecular flexibility index (Phi) is 10.3. The van der Waals surface area contributed by atoms with Gasteiger partial charge >= 0.3 is 5.97 Å². The number of hydrogen-bond donors (Lipinski definition) is 2. The van der Waals surface area contributed by atoms with Gasteiger partial charge in [0.2, 0.25) is 5.91 Å². The van der Waals surface area contributed by atoms with Gasteiger partial charge in [0.25, 0.3) is 0 Å². The summed E-state index contributed by atoms with van der Waals surface area (Å²) in [4.78, 5) is 23.2. The SMILES string of the molecule is CC(C)CC(C)C(=O)O.Cl.O=C1CN(Cc2ccccc2)CN1. The van der Waals surface area contributed by atoms with Gasteiger partial charge < -0.3 is 10.4 Å². The first-order chi connectivity index (χ1) is 10.4. The molecule has 1 aromatic rings. The maximum Gasteiger partial charge on any atom is 0.306 e. The first kappa shape index (κ1) is 21.4. The van der Waals surface area contributed by atoms with Gasteiger partial charge in [-0.05, 0) is 17.9 Å². The van der Waals surface area contributed by atoms with Crippen LogP contribution in [0, 0.1) is 11.8 Å². The lowest BCUT2D eigenvalue weighted by Gasteiger charge is -2.11. The summed E-state index contributed by atoms with van der Waals surface area (Å²) in [6.45, 7) is 7.84. The van der Waals surface area contributed by atoms with Crippen molar-refractivity contribution in [1.82, 2.24) is 10.2 Å². The van der Waals surface area contributed by atoms with Crippen molar-refractivity contribution in [3.8, 4) is 0 Å². The summed E-state index contributed by atoms with van der Waals surface area (Å²) in [5.41, 5.74) is 1.25. The van der Waals surface area contributed by atoms with Crippen molar-refractivity contribution in [2.24, 2.45) is 11.8 Å². The van der Waals surface area contributed by atoms with Crippen LogP contribution in [-0.2, 0) is 16.1 Å². The maximum atomic E-state index is 10.9. The highest BCUT2D eigenvalue weighted by atomic mass is 35.5. The molecule has 0 saturated carbocycles. The van der Waals surface area contributed by atoms with E-state index in [9.17, 15) is 9.59 Å². The minimum atomic E-state index is -0.691. The van der Waals surface area contributed by atoms with Crippen LogP contribution in [0.1, 0.15) is 32.8 Å². The number of benzene rings is 1. The second-order valence-corrected chi connectivity index (χ2v) is 6.10. The van der Waals surface area contributed by atoms with E-state index in [1.165, 1.54) is 5.56 Å². The predicted molar refractivity (Wildman–Crippen MR) is 93.4 cm³/mol. The summed E-state index contributed by atoms with van der Waals surface area (Å²) in [6, 6.07) is 10.2. The van der Waals surface area contributed by atoms with Gasteiger partial charge in [-0.1, -0.05) is 51.1 Å². The number of hydrogen-bond acceptors (Lipinski definition) is 3. The third-order valence-electron chi connectivity index (χ3n) is 3.36. The number of halogens is 1. The van der Waals surface area contributed by atoms with Gasteiger partial charge in [0.05, 0.1) is 19.1 Å². The summed E-state index contributed by atoms with van der Waals surface area (Å²) in [6.07, 6.45) is 0.773. The Morgan fingerprint density at radius 1 is 1.26 bits per heavy atom. The molecule has 130 valence electrons. The molecule has 1 atom stereocenters. The molecule has 1 amide bonds. The number of aliphatic carboxylic acids is 1. The first-order valence-corrected chi connectivity index (χ1v) is 7.64. The quantitative estimate of drug-likeness (QED) is 0.863. The van der Waals surface area contributed by atoms with Gasteiger partial charge in [0.1, 0.15) is 0 Å². The average molecular weight is 343 g/mol. The van der Waals surface area contributed by atoms with E-state index in [1.807, 2.05) is 32.0 Å². The van der Waals surface area contributed by atoms with Crippen LogP contribution in [0.4, 0.5) is 0 Å². The van der Waals surface area contributed by atoms with E-state index in [4.69, 9.17) is 5.11 Å². The fraction of sp³-hybridized carbons (Fsp3) is 0.529. The molecule has 2 rings (SSSR count). The van der Waals surface area contributed by atoms with Gasteiger partial charge in [-0.15, -0.1) is 12.4 Å². The van der Waals surface area contributed by atoms with Crippen molar-refractivity contribution < 1.29 is 14.7 Å². The largest absolute Gasteiger partial charge is 0.481 e. The normalized spacial score (nSPS) is 15.2. The molecule has 1 fully saturated rings. The minimum Gasteiger partial charge on any atom is -0.481 e. The molecule has 0 aliphatic carbocycles. The molecule has 1 aliphatic rings. The zero-order valence-electron chi connectivity index (χ0n) is 14.0. The maximum absolute atomic E-state index is 10.9. The van der Waals surface area contributed by atoms with Gasteiger partial charge in [-0.2, -0.15) is 0 Å². The third-order valence-corrected chi connectivity index (χ3v) is 3.36. The summed E-state index contributed by atoms with van der Waals surface area (Å²) in [7, 11) is 0. The zero-order valence-corrected chi connectivity index (χ0v) is 14.8. The molecular weight excluding hydrogens is 316 g/mol. The summed E-state index contributed by atoms with van der Waals surface area (Å²) >= 11 is 0. The van der Waals surface area contributed by atoms with Crippen LogP contribution in [0.2, 0.25) is 0 Å². The molecule has 0 spiro atoms. The van der Waals surface area contributed by atoms with Crippen LogP contribution in [0.5, 0.6) is 0 Å². The molecule has 0 aromatic heterocycles. The second-order valence-electron chi connectivity index (χ2n) is 6.10. The average Bonchev–Trinajstić information content (AvgIpc) is 2.85. The monoisotopic (exact) mass is 342 g/mol. The Bertz CT molecular complexity index is 480. The molecule has 0 radical (unpaired) electrons. The summed E-state index contributed by atoms with van der Waals surface area (Å²) < 4.78 is 0. The van der Waals surface area contributed by atoms with E-state index < -0.39 is 5.97 Å². The van der Waals surface area contributed by atoms with Gasteiger partial charge in [0, 0.05) is 6.54 Å². The van der Waals surface area contributed by atoms with E-state index >= 15 is 0 Å². The van der Waals surface area contributed by atoms with Crippen LogP contribution in [0.3, 0.4) is 0 Å². The first-order valence-electron chi connectivity index (χ1n) is 7.64. The lowest BCUT2D eigenvalue weighted by molar-refractivity contribution is -0.141. The fourth-order valence-electron chi connectivity index (χ4n) is 2.28. The highest BCUT2D eigenvalue weighted by molar-refractivity contribution is 5.85. The van der Waals surface area contributed by atoms with Crippen molar-refractivity contribution in [3.05, 3.63) is 35.9 Å². The van der Waals surface area contributed by atoms with Crippen molar-refractivity contribution in [2.45, 2.75) is 33.7 Å². The van der Waals surface area contributed by atoms with Gasteiger partial charge in [-0.3, -0.25) is 14.5 Å². The van der Waals surface area contributed by atoms with Crippen LogP contribution in [-0.4, -0.2) is 35.1 Å². The van der Waals surface area contributed by atoms with E-state index in [2.05, 4.69) is 22.3 Å². The molecule has 5 nitrogen and oxygen atoms in total. The van der Waals surface area contributed by atoms with Crippen molar-refractivity contribution >= 4 is 24.3 Å². The van der Waals surface area contributed by atoms with Gasteiger partial charge in [-0.25, -0.2) is 0 Å². The molecule has 1 saturated heterocycles. The van der Waals surface area contributed by atoms with Gasteiger partial charge in [0.15, 0.2) is 0 Å². The molecule has 1 heterocycles. The molecule has 1 aliphatic heterocycles. The van der Waals surface area contributed by atoms with Crippen molar-refractivity contribution in [3.63, 3.8) is 0 Å². The molecule has 6 heteroatoms. The fourth-order valence-corrected chi connectivity index (χ4v) is 2.28. The topological polar surface area (TPSA) is 69.6 Å². The van der Waals surface area contributed by atoms with E-state index in [1.54, 1.807) is 6.92 Å². The lowest BCUT2D eigenvalue weighted by Crippen LogP contribution is -2.21.